The number of carbonyl (C=O) groups excluding carboxylic acids is 1. The van der Waals surface area contributed by atoms with E-state index in [0.717, 1.165) is 38.8 Å². The lowest BCUT2D eigenvalue weighted by Gasteiger charge is -2.30. The smallest absolute Gasteiger partial charge is 0.232 e. The minimum absolute atomic E-state index is 0.112. The standard InChI is InChI=1S/C26H22ClNO4/c1-16-11-22-20(14-28(15-31-22)13-18-5-3-4-6-21(18)27)26-24(16)25(29)23(32-26)12-17-7-9-19(30-2)10-8-17/h3-12H,13-15H2,1-2H3/b23-12-. The van der Waals surface area contributed by atoms with E-state index in [9.17, 15) is 4.79 Å². The summed E-state index contributed by atoms with van der Waals surface area (Å²) in [6.45, 7) is 3.60. The first-order chi connectivity index (χ1) is 15.5. The first-order valence-corrected chi connectivity index (χ1v) is 10.7. The van der Waals surface area contributed by atoms with Gasteiger partial charge in [-0.3, -0.25) is 9.69 Å². The van der Waals surface area contributed by atoms with Gasteiger partial charge >= 0.3 is 0 Å². The Bertz CT molecular complexity index is 1230. The van der Waals surface area contributed by atoms with Crippen LogP contribution in [0.15, 0.2) is 60.4 Å². The van der Waals surface area contributed by atoms with E-state index in [0.29, 0.717) is 36.9 Å². The second-order valence-electron chi connectivity index (χ2n) is 7.94. The summed E-state index contributed by atoms with van der Waals surface area (Å²) in [5.74, 6) is 2.31. The SMILES string of the molecule is COc1ccc(/C=C2\Oc3c4c(cc(C)c3C2=O)OCN(Cc2ccccc2Cl)C4)cc1. The number of benzene rings is 3. The molecule has 0 fully saturated rings. The summed E-state index contributed by atoms with van der Waals surface area (Å²) in [6.07, 6.45) is 1.76. The van der Waals surface area contributed by atoms with Crippen LogP contribution in [-0.2, 0) is 13.1 Å². The normalized spacial score (nSPS) is 16.3. The molecular formula is C26H22ClNO4. The van der Waals surface area contributed by atoms with Gasteiger partial charge in [-0.25, -0.2) is 0 Å². The van der Waals surface area contributed by atoms with E-state index >= 15 is 0 Å². The number of aryl methyl sites for hydroxylation is 1. The molecule has 0 N–H and O–H groups in total. The first-order valence-electron chi connectivity index (χ1n) is 10.4. The van der Waals surface area contributed by atoms with Gasteiger partial charge in [-0.2, -0.15) is 0 Å². The number of ketones is 1. The van der Waals surface area contributed by atoms with E-state index in [-0.39, 0.29) is 5.78 Å². The van der Waals surface area contributed by atoms with Crippen LogP contribution in [0.3, 0.4) is 0 Å². The van der Waals surface area contributed by atoms with Crippen LogP contribution in [0.25, 0.3) is 6.08 Å². The fourth-order valence-corrected chi connectivity index (χ4v) is 4.29. The third-order valence-corrected chi connectivity index (χ3v) is 6.12. The molecule has 6 heteroatoms. The van der Waals surface area contributed by atoms with Crippen molar-refractivity contribution in [2.75, 3.05) is 13.8 Å². The Labute approximate surface area is 191 Å². The van der Waals surface area contributed by atoms with Gasteiger partial charge in [0.1, 0.15) is 24.0 Å². The average molecular weight is 448 g/mol. The highest BCUT2D eigenvalue weighted by Crippen LogP contribution is 2.44. The predicted octanol–water partition coefficient (Wildman–Crippen LogP) is 5.63. The van der Waals surface area contributed by atoms with Crippen LogP contribution in [0.1, 0.15) is 32.6 Å². The van der Waals surface area contributed by atoms with E-state index in [1.54, 1.807) is 13.2 Å². The van der Waals surface area contributed by atoms with Crippen LogP contribution in [0.5, 0.6) is 17.2 Å². The number of allylic oxidation sites excluding steroid dienone is 1. The minimum atomic E-state index is -0.112. The van der Waals surface area contributed by atoms with Gasteiger partial charge in [0, 0.05) is 18.1 Å². The van der Waals surface area contributed by atoms with Gasteiger partial charge in [0.05, 0.1) is 18.2 Å². The number of methoxy groups -OCH3 is 1. The molecule has 0 aromatic heterocycles. The molecule has 5 rings (SSSR count). The molecule has 0 aliphatic carbocycles. The van der Waals surface area contributed by atoms with Gasteiger partial charge in [-0.15, -0.1) is 0 Å². The van der Waals surface area contributed by atoms with Gasteiger partial charge in [-0.05, 0) is 54.0 Å². The molecule has 32 heavy (non-hydrogen) atoms. The van der Waals surface area contributed by atoms with Gasteiger partial charge in [0.2, 0.25) is 5.78 Å². The van der Waals surface area contributed by atoms with Crippen LogP contribution in [0, 0.1) is 6.92 Å². The molecule has 5 nitrogen and oxygen atoms in total. The second kappa shape index (κ2) is 8.34. The third kappa shape index (κ3) is 3.74. The molecule has 3 aromatic carbocycles. The summed E-state index contributed by atoms with van der Waals surface area (Å²) in [5, 5.41) is 0.726. The number of nitrogens with zero attached hydrogens (tertiary/aromatic N) is 1. The molecule has 2 heterocycles. The topological polar surface area (TPSA) is 48.0 Å². The van der Waals surface area contributed by atoms with E-state index < -0.39 is 0 Å². The molecule has 0 amide bonds. The molecule has 3 aromatic rings. The Morgan fingerprint density at radius 3 is 2.69 bits per heavy atom. The number of fused-ring (bicyclic) bond motifs is 3. The lowest BCUT2D eigenvalue weighted by atomic mass is 9.98. The Balaban J connectivity index is 1.45. The number of rotatable bonds is 4. The van der Waals surface area contributed by atoms with E-state index in [1.807, 2.05) is 61.5 Å². The molecule has 2 aliphatic rings. The summed E-state index contributed by atoms with van der Waals surface area (Å²) in [6, 6.07) is 17.2. The molecule has 2 aliphatic heterocycles. The van der Waals surface area contributed by atoms with Crippen molar-refractivity contribution in [3.63, 3.8) is 0 Å². The molecule has 0 radical (unpaired) electrons. The van der Waals surface area contributed by atoms with Gasteiger partial charge in [-0.1, -0.05) is 41.9 Å². The van der Waals surface area contributed by atoms with Crippen LogP contribution in [0.4, 0.5) is 0 Å². The molecule has 0 unspecified atom stereocenters. The van der Waals surface area contributed by atoms with Crippen molar-refractivity contribution in [2.45, 2.75) is 20.0 Å². The zero-order valence-electron chi connectivity index (χ0n) is 17.9. The Hall–Kier alpha value is -3.28. The number of ether oxygens (including phenoxy) is 3. The van der Waals surface area contributed by atoms with Gasteiger partial charge in [0.15, 0.2) is 5.76 Å². The van der Waals surface area contributed by atoms with Crippen LogP contribution >= 0.6 is 11.6 Å². The van der Waals surface area contributed by atoms with Crippen LogP contribution < -0.4 is 14.2 Å². The number of hydrogen-bond acceptors (Lipinski definition) is 5. The summed E-state index contributed by atoms with van der Waals surface area (Å²) < 4.78 is 17.4. The third-order valence-electron chi connectivity index (χ3n) is 5.75. The highest BCUT2D eigenvalue weighted by molar-refractivity contribution is 6.31. The predicted molar refractivity (Wildman–Crippen MR) is 123 cm³/mol. The zero-order valence-corrected chi connectivity index (χ0v) is 18.6. The summed E-state index contributed by atoms with van der Waals surface area (Å²) in [7, 11) is 1.62. The molecule has 0 bridgehead atoms. The minimum Gasteiger partial charge on any atom is -0.497 e. The maximum atomic E-state index is 13.2. The summed E-state index contributed by atoms with van der Waals surface area (Å²) in [4.78, 5) is 15.3. The van der Waals surface area contributed by atoms with Crippen molar-refractivity contribution >= 4 is 23.5 Å². The monoisotopic (exact) mass is 447 g/mol. The van der Waals surface area contributed by atoms with Gasteiger partial charge in [0.25, 0.3) is 0 Å². The fraction of sp³-hybridized carbons (Fsp3) is 0.192. The van der Waals surface area contributed by atoms with Crippen molar-refractivity contribution in [3.8, 4) is 17.2 Å². The van der Waals surface area contributed by atoms with E-state index in [4.69, 9.17) is 25.8 Å². The highest BCUT2D eigenvalue weighted by atomic mass is 35.5. The van der Waals surface area contributed by atoms with Crippen molar-refractivity contribution < 1.29 is 19.0 Å². The zero-order chi connectivity index (χ0) is 22.2. The number of carbonyl (C=O) groups is 1. The van der Waals surface area contributed by atoms with Crippen molar-refractivity contribution in [3.05, 3.63) is 93.2 Å². The average Bonchev–Trinajstić information content (AvgIpc) is 3.13. The highest BCUT2D eigenvalue weighted by Gasteiger charge is 2.35. The number of halogens is 1. The molecular weight excluding hydrogens is 426 g/mol. The lowest BCUT2D eigenvalue weighted by Crippen LogP contribution is -2.32. The Kier molecular flexibility index (Phi) is 5.37. The summed E-state index contributed by atoms with van der Waals surface area (Å²) >= 11 is 6.34. The van der Waals surface area contributed by atoms with Gasteiger partial charge < -0.3 is 14.2 Å². The summed E-state index contributed by atoms with van der Waals surface area (Å²) in [5.41, 5.74) is 4.23. The number of Topliss-reactive ketones (excluding diaryl/α,β-unsaturated/α-hetero) is 1. The van der Waals surface area contributed by atoms with Crippen LogP contribution in [-0.4, -0.2) is 24.5 Å². The maximum Gasteiger partial charge on any atom is 0.232 e. The largest absolute Gasteiger partial charge is 0.497 e. The van der Waals surface area contributed by atoms with Crippen molar-refractivity contribution in [1.82, 2.24) is 4.90 Å². The van der Waals surface area contributed by atoms with E-state index in [1.165, 1.54) is 0 Å². The van der Waals surface area contributed by atoms with Crippen LogP contribution in [0.2, 0.25) is 5.02 Å². The lowest BCUT2D eigenvalue weighted by molar-refractivity contribution is 0.0872. The molecule has 0 saturated heterocycles. The molecule has 0 atom stereocenters. The maximum absolute atomic E-state index is 13.2. The fourth-order valence-electron chi connectivity index (χ4n) is 4.10. The number of hydrogen-bond donors (Lipinski definition) is 0. The first kappa shape index (κ1) is 20.6. The molecule has 0 saturated carbocycles. The van der Waals surface area contributed by atoms with Crippen molar-refractivity contribution in [2.24, 2.45) is 0 Å². The van der Waals surface area contributed by atoms with Crippen molar-refractivity contribution in [1.29, 1.82) is 0 Å². The second-order valence-corrected chi connectivity index (χ2v) is 8.35. The molecule has 0 spiro atoms. The Morgan fingerprint density at radius 1 is 1.16 bits per heavy atom. The molecule has 162 valence electrons. The van der Waals surface area contributed by atoms with E-state index in [2.05, 4.69) is 4.90 Å². The quantitative estimate of drug-likeness (QED) is 0.485. The Morgan fingerprint density at radius 2 is 1.94 bits per heavy atom.